The summed E-state index contributed by atoms with van der Waals surface area (Å²) in [5.41, 5.74) is 2.87. The lowest BCUT2D eigenvalue weighted by atomic mass is 10.00. The van der Waals surface area contributed by atoms with Gasteiger partial charge in [0.25, 0.3) is 0 Å². The van der Waals surface area contributed by atoms with Gasteiger partial charge in [-0.3, -0.25) is 14.5 Å². The largest absolute Gasteiger partial charge is 0.387 e. The molecule has 0 radical (unpaired) electrons. The van der Waals surface area contributed by atoms with E-state index in [2.05, 4.69) is 0 Å². The molecule has 4 nitrogen and oxygen atoms in total. The van der Waals surface area contributed by atoms with E-state index in [0.29, 0.717) is 19.3 Å². The molecule has 0 saturated carbocycles. The first-order chi connectivity index (χ1) is 8.99. The number of imide groups is 1. The van der Waals surface area contributed by atoms with Crippen LogP contribution in [-0.2, 0) is 9.59 Å². The highest BCUT2D eigenvalue weighted by molar-refractivity contribution is 5.97. The number of rotatable bonds is 3. The van der Waals surface area contributed by atoms with Crippen LogP contribution in [0.3, 0.4) is 0 Å². The van der Waals surface area contributed by atoms with Crippen molar-refractivity contribution >= 4 is 11.8 Å². The van der Waals surface area contributed by atoms with E-state index in [4.69, 9.17) is 0 Å². The van der Waals surface area contributed by atoms with Crippen molar-refractivity contribution in [1.29, 1.82) is 0 Å². The number of likely N-dealkylation sites (tertiary alicyclic amines) is 1. The molecule has 0 spiro atoms. The summed E-state index contributed by atoms with van der Waals surface area (Å²) < 4.78 is 0. The fourth-order valence-electron chi connectivity index (χ4n) is 2.47. The second-order valence-electron chi connectivity index (χ2n) is 5.13. The van der Waals surface area contributed by atoms with Crippen molar-refractivity contribution in [2.75, 3.05) is 6.54 Å². The van der Waals surface area contributed by atoms with Crippen LogP contribution in [0.1, 0.15) is 42.1 Å². The van der Waals surface area contributed by atoms with E-state index in [1.54, 1.807) is 0 Å². The molecule has 1 aromatic carbocycles. The van der Waals surface area contributed by atoms with Gasteiger partial charge in [0.2, 0.25) is 11.8 Å². The molecule has 1 N–H and O–H groups in total. The highest BCUT2D eigenvalue weighted by Gasteiger charge is 2.28. The van der Waals surface area contributed by atoms with Crippen LogP contribution in [0.25, 0.3) is 0 Å². The van der Waals surface area contributed by atoms with E-state index in [1.165, 1.54) is 4.90 Å². The van der Waals surface area contributed by atoms with E-state index in [0.717, 1.165) is 16.7 Å². The Bertz CT molecular complexity index is 494. The van der Waals surface area contributed by atoms with E-state index >= 15 is 0 Å². The summed E-state index contributed by atoms with van der Waals surface area (Å²) >= 11 is 0. The number of aliphatic hydroxyl groups excluding tert-OH is 1. The maximum atomic E-state index is 11.7. The third-order valence-electron chi connectivity index (χ3n) is 3.52. The quantitative estimate of drug-likeness (QED) is 0.845. The third-order valence-corrected chi connectivity index (χ3v) is 3.52. The number of β-amino-alcohol motifs (C(OH)–C–C–N with tert-alkyl or cyclic N) is 1. The molecule has 4 heteroatoms. The van der Waals surface area contributed by atoms with E-state index in [1.807, 2.05) is 32.0 Å². The van der Waals surface area contributed by atoms with Gasteiger partial charge in [-0.25, -0.2) is 0 Å². The number of nitrogens with zero attached hydrogens (tertiary/aromatic N) is 1. The Morgan fingerprint density at radius 3 is 2.42 bits per heavy atom. The van der Waals surface area contributed by atoms with Gasteiger partial charge < -0.3 is 5.11 Å². The van der Waals surface area contributed by atoms with Gasteiger partial charge in [0.05, 0.1) is 12.6 Å². The Kier molecular flexibility index (Phi) is 4.00. The van der Waals surface area contributed by atoms with Crippen LogP contribution in [-0.4, -0.2) is 28.4 Å². The van der Waals surface area contributed by atoms with Gasteiger partial charge >= 0.3 is 0 Å². The first kappa shape index (κ1) is 13.7. The SMILES string of the molecule is Cc1ccc(C(O)CN2C(=O)CCCC2=O)c(C)c1. The molecule has 1 atom stereocenters. The summed E-state index contributed by atoms with van der Waals surface area (Å²) in [6.45, 7) is 3.97. The molecular formula is C15H19NO3. The van der Waals surface area contributed by atoms with Crippen molar-refractivity contribution in [1.82, 2.24) is 4.90 Å². The second kappa shape index (κ2) is 5.53. The summed E-state index contributed by atoms with van der Waals surface area (Å²) in [6, 6.07) is 5.76. The minimum Gasteiger partial charge on any atom is -0.387 e. The summed E-state index contributed by atoms with van der Waals surface area (Å²) in [5, 5.41) is 10.2. The number of amides is 2. The van der Waals surface area contributed by atoms with Gasteiger partial charge in [-0.1, -0.05) is 23.8 Å². The standard InChI is InChI=1S/C15H19NO3/c1-10-6-7-12(11(2)8-10)13(17)9-16-14(18)4-3-5-15(16)19/h6-8,13,17H,3-5,9H2,1-2H3. The van der Waals surface area contributed by atoms with Crippen molar-refractivity contribution in [2.45, 2.75) is 39.2 Å². The number of hydrogen-bond donors (Lipinski definition) is 1. The number of carbonyl (C=O) groups is 2. The molecule has 102 valence electrons. The Morgan fingerprint density at radius 1 is 1.21 bits per heavy atom. The molecule has 1 fully saturated rings. The summed E-state index contributed by atoms with van der Waals surface area (Å²) in [4.78, 5) is 24.6. The average Bonchev–Trinajstić information content (AvgIpc) is 2.33. The molecular weight excluding hydrogens is 242 g/mol. The van der Waals surface area contributed by atoms with Gasteiger partial charge in [0.15, 0.2) is 0 Å². The lowest BCUT2D eigenvalue weighted by Gasteiger charge is -2.27. The second-order valence-corrected chi connectivity index (χ2v) is 5.13. The summed E-state index contributed by atoms with van der Waals surface area (Å²) in [6.07, 6.45) is 0.594. The lowest BCUT2D eigenvalue weighted by molar-refractivity contribution is -0.149. The maximum Gasteiger partial charge on any atom is 0.229 e. The molecule has 1 aliphatic heterocycles. The molecule has 19 heavy (non-hydrogen) atoms. The van der Waals surface area contributed by atoms with Gasteiger partial charge in [-0.15, -0.1) is 0 Å². The first-order valence-electron chi connectivity index (χ1n) is 6.57. The number of hydrogen-bond acceptors (Lipinski definition) is 3. The van der Waals surface area contributed by atoms with Gasteiger partial charge in [0.1, 0.15) is 0 Å². The van der Waals surface area contributed by atoms with Crippen LogP contribution in [0.15, 0.2) is 18.2 Å². The number of aryl methyl sites for hydroxylation is 2. The van der Waals surface area contributed by atoms with Gasteiger partial charge in [-0.2, -0.15) is 0 Å². The smallest absolute Gasteiger partial charge is 0.229 e. The Labute approximate surface area is 113 Å². The molecule has 1 heterocycles. The number of aliphatic hydroxyl groups is 1. The number of piperidine rings is 1. The van der Waals surface area contributed by atoms with Gasteiger partial charge in [-0.05, 0) is 31.4 Å². The van der Waals surface area contributed by atoms with Crippen LogP contribution < -0.4 is 0 Å². The fraction of sp³-hybridized carbons (Fsp3) is 0.467. The fourth-order valence-corrected chi connectivity index (χ4v) is 2.47. The molecule has 1 aliphatic rings. The number of benzene rings is 1. The Balaban J connectivity index is 2.13. The van der Waals surface area contributed by atoms with Crippen LogP contribution in [0.4, 0.5) is 0 Å². The monoisotopic (exact) mass is 261 g/mol. The zero-order valence-electron chi connectivity index (χ0n) is 11.3. The Hall–Kier alpha value is -1.68. The maximum absolute atomic E-state index is 11.7. The topological polar surface area (TPSA) is 57.6 Å². The molecule has 2 rings (SSSR count). The van der Waals surface area contributed by atoms with E-state index in [-0.39, 0.29) is 18.4 Å². The highest BCUT2D eigenvalue weighted by Crippen LogP contribution is 2.22. The van der Waals surface area contributed by atoms with E-state index in [9.17, 15) is 14.7 Å². The van der Waals surface area contributed by atoms with E-state index < -0.39 is 6.10 Å². The lowest BCUT2D eigenvalue weighted by Crippen LogP contribution is -2.42. The minimum atomic E-state index is -0.813. The van der Waals surface area contributed by atoms with Gasteiger partial charge in [0, 0.05) is 12.8 Å². The molecule has 1 unspecified atom stereocenters. The van der Waals surface area contributed by atoms with Crippen LogP contribution in [0.2, 0.25) is 0 Å². The Morgan fingerprint density at radius 2 is 1.84 bits per heavy atom. The van der Waals surface area contributed by atoms with Crippen LogP contribution in [0.5, 0.6) is 0 Å². The number of carbonyl (C=O) groups excluding carboxylic acids is 2. The zero-order chi connectivity index (χ0) is 14.0. The highest BCUT2D eigenvalue weighted by atomic mass is 16.3. The predicted molar refractivity (Wildman–Crippen MR) is 71.4 cm³/mol. The molecule has 0 aliphatic carbocycles. The third kappa shape index (κ3) is 3.01. The molecule has 1 saturated heterocycles. The summed E-state index contributed by atoms with van der Waals surface area (Å²) in [7, 11) is 0. The van der Waals surface area contributed by atoms with Crippen LogP contribution >= 0.6 is 0 Å². The van der Waals surface area contributed by atoms with Crippen molar-refractivity contribution in [3.8, 4) is 0 Å². The summed E-state index contributed by atoms with van der Waals surface area (Å²) in [5.74, 6) is -0.361. The van der Waals surface area contributed by atoms with Crippen molar-refractivity contribution in [2.24, 2.45) is 0 Å². The van der Waals surface area contributed by atoms with Crippen molar-refractivity contribution < 1.29 is 14.7 Å². The molecule has 2 amide bonds. The zero-order valence-corrected chi connectivity index (χ0v) is 11.3. The molecule has 1 aromatic rings. The van der Waals surface area contributed by atoms with Crippen LogP contribution in [0, 0.1) is 13.8 Å². The molecule has 0 bridgehead atoms. The average molecular weight is 261 g/mol. The minimum absolute atomic E-state index is 0.0571. The van der Waals surface area contributed by atoms with Crippen molar-refractivity contribution in [3.63, 3.8) is 0 Å². The predicted octanol–water partition coefficient (Wildman–Crippen LogP) is 1.88. The van der Waals surface area contributed by atoms with Crippen molar-refractivity contribution in [3.05, 3.63) is 34.9 Å². The molecule has 0 aromatic heterocycles. The first-order valence-corrected chi connectivity index (χ1v) is 6.57. The normalized spacial score (nSPS) is 17.7.